The first-order valence-corrected chi connectivity index (χ1v) is 11.8. The third-order valence-electron chi connectivity index (χ3n) is 6.56. The van der Waals surface area contributed by atoms with Gasteiger partial charge in [0.1, 0.15) is 5.69 Å². The number of hydrogen-bond acceptors (Lipinski definition) is 4. The highest BCUT2D eigenvalue weighted by molar-refractivity contribution is 5.92. The second-order valence-corrected chi connectivity index (χ2v) is 9.35. The second kappa shape index (κ2) is 10.4. The quantitative estimate of drug-likeness (QED) is 0.818. The van der Waals surface area contributed by atoms with Crippen LogP contribution in [-0.2, 0) is 11.3 Å². The van der Waals surface area contributed by atoms with Crippen LogP contribution in [0.4, 0.5) is 0 Å². The van der Waals surface area contributed by atoms with E-state index in [2.05, 4.69) is 29.2 Å². The van der Waals surface area contributed by atoms with E-state index in [9.17, 15) is 9.59 Å². The Kier molecular flexibility index (Phi) is 7.92. The lowest BCUT2D eigenvalue weighted by molar-refractivity contribution is -0.125. The van der Waals surface area contributed by atoms with Crippen LogP contribution in [0.3, 0.4) is 0 Å². The van der Waals surface area contributed by atoms with Crippen LogP contribution in [0.2, 0.25) is 0 Å². The molecule has 2 aliphatic rings. The molecule has 2 amide bonds. The van der Waals surface area contributed by atoms with E-state index in [-0.39, 0.29) is 17.4 Å². The maximum absolute atomic E-state index is 13.0. The van der Waals surface area contributed by atoms with E-state index in [1.807, 2.05) is 18.0 Å². The minimum absolute atomic E-state index is 0.0221. The molecule has 7 nitrogen and oxygen atoms in total. The van der Waals surface area contributed by atoms with Gasteiger partial charge in [0.2, 0.25) is 5.91 Å². The largest absolute Gasteiger partial charge is 0.354 e. The maximum Gasteiger partial charge on any atom is 0.274 e. The fourth-order valence-corrected chi connectivity index (χ4v) is 5.05. The third-order valence-corrected chi connectivity index (χ3v) is 6.56. The number of carbonyl (C=O) groups is 2. The van der Waals surface area contributed by atoms with E-state index in [0.717, 1.165) is 38.9 Å². The zero-order valence-corrected chi connectivity index (χ0v) is 19.0. The zero-order valence-electron chi connectivity index (χ0n) is 19.0. The van der Waals surface area contributed by atoms with Crippen LogP contribution in [0.1, 0.15) is 76.2 Å². The smallest absolute Gasteiger partial charge is 0.274 e. The molecule has 1 aliphatic heterocycles. The normalized spacial score (nSPS) is 21.5. The number of aryl methyl sites for hydroxylation is 1. The summed E-state index contributed by atoms with van der Waals surface area (Å²) in [5, 5.41) is 7.48. The van der Waals surface area contributed by atoms with Crippen LogP contribution in [0.5, 0.6) is 0 Å². The lowest BCUT2D eigenvalue weighted by atomic mass is 9.77. The first kappa shape index (κ1) is 22.8. The van der Waals surface area contributed by atoms with E-state index in [1.165, 1.54) is 19.3 Å². The summed E-state index contributed by atoms with van der Waals surface area (Å²) in [4.78, 5) is 30.3. The van der Waals surface area contributed by atoms with Crippen molar-refractivity contribution in [3.8, 4) is 0 Å². The number of carbonyl (C=O) groups excluding carboxylic acids is 2. The Bertz CT molecular complexity index is 708. The first-order chi connectivity index (χ1) is 14.4. The van der Waals surface area contributed by atoms with Crippen molar-refractivity contribution in [2.45, 2.75) is 77.8 Å². The molecule has 168 valence electrons. The maximum atomic E-state index is 13.0. The van der Waals surface area contributed by atoms with Crippen molar-refractivity contribution in [2.24, 2.45) is 5.92 Å². The average Bonchev–Trinajstić information content (AvgIpc) is 3.20. The number of hydrogen-bond donors (Lipinski definition) is 1. The van der Waals surface area contributed by atoms with Crippen molar-refractivity contribution in [1.29, 1.82) is 0 Å². The summed E-state index contributed by atoms with van der Waals surface area (Å²) >= 11 is 0. The van der Waals surface area contributed by atoms with Gasteiger partial charge in [-0.25, -0.2) is 0 Å². The van der Waals surface area contributed by atoms with E-state index in [4.69, 9.17) is 0 Å². The van der Waals surface area contributed by atoms with Crippen molar-refractivity contribution in [3.63, 3.8) is 0 Å². The van der Waals surface area contributed by atoms with Crippen LogP contribution >= 0.6 is 0 Å². The monoisotopic (exact) mass is 417 g/mol. The minimum Gasteiger partial charge on any atom is -0.354 e. The number of nitrogens with zero attached hydrogens (tertiary/aromatic N) is 4. The van der Waals surface area contributed by atoms with Gasteiger partial charge >= 0.3 is 0 Å². The van der Waals surface area contributed by atoms with E-state index in [0.29, 0.717) is 37.7 Å². The van der Waals surface area contributed by atoms with Crippen LogP contribution in [0.25, 0.3) is 0 Å². The summed E-state index contributed by atoms with van der Waals surface area (Å²) in [5.41, 5.74) is 0.465. The van der Waals surface area contributed by atoms with Crippen LogP contribution in [0.15, 0.2) is 12.3 Å². The Hall–Kier alpha value is -1.89. The standard InChI is InChI=1S/C23H39N5O2/c1-4-28-15-9-20(25-28)22(30)26-13-8-14-27(18-19(2)3)23(10-6-5-7-11-23)17-21(29)24-12-16-26/h9,15,19H,4-8,10-14,16-18H2,1-3H3,(H,24,29). The minimum atomic E-state index is -0.0431. The van der Waals surface area contributed by atoms with Crippen molar-refractivity contribution in [2.75, 3.05) is 32.7 Å². The summed E-state index contributed by atoms with van der Waals surface area (Å²) in [5.74, 6) is 0.626. The number of rotatable bonds is 4. The first-order valence-electron chi connectivity index (χ1n) is 11.8. The fraction of sp³-hybridized carbons (Fsp3) is 0.783. The summed E-state index contributed by atoms with van der Waals surface area (Å²) in [6.45, 7) is 10.9. The van der Waals surface area contributed by atoms with Crippen LogP contribution < -0.4 is 5.32 Å². The second-order valence-electron chi connectivity index (χ2n) is 9.35. The highest BCUT2D eigenvalue weighted by Gasteiger charge is 2.40. The molecule has 2 fully saturated rings. The molecule has 3 rings (SSSR count). The molecule has 1 saturated heterocycles. The lowest BCUT2D eigenvalue weighted by Gasteiger charge is -2.47. The van der Waals surface area contributed by atoms with Gasteiger partial charge in [-0.05, 0) is 38.2 Å². The number of aromatic nitrogens is 2. The summed E-state index contributed by atoms with van der Waals surface area (Å²) in [6.07, 6.45) is 9.22. The van der Waals surface area contributed by atoms with Crippen LogP contribution in [-0.4, -0.2) is 69.7 Å². The Morgan fingerprint density at radius 2 is 1.93 bits per heavy atom. The predicted octanol–water partition coefficient (Wildman–Crippen LogP) is 2.92. The van der Waals surface area contributed by atoms with Gasteiger partial charge in [-0.2, -0.15) is 5.10 Å². The summed E-state index contributed by atoms with van der Waals surface area (Å²) in [7, 11) is 0. The molecular formula is C23H39N5O2. The molecule has 1 N–H and O–H groups in total. The highest BCUT2D eigenvalue weighted by atomic mass is 16.2. The SMILES string of the molecule is CCn1ccc(C(=O)N2CCCN(CC(C)C)C3(CCCCC3)CC(=O)NCC2)n1. The Morgan fingerprint density at radius 3 is 2.60 bits per heavy atom. The van der Waals surface area contributed by atoms with Gasteiger partial charge in [0.25, 0.3) is 5.91 Å². The van der Waals surface area contributed by atoms with Gasteiger partial charge < -0.3 is 10.2 Å². The Labute approximate surface area is 181 Å². The molecular weight excluding hydrogens is 378 g/mol. The highest BCUT2D eigenvalue weighted by Crippen LogP contribution is 2.37. The fourth-order valence-electron chi connectivity index (χ4n) is 5.05. The van der Waals surface area contributed by atoms with Gasteiger partial charge in [0.15, 0.2) is 0 Å². The molecule has 0 unspecified atom stereocenters. The Morgan fingerprint density at radius 1 is 1.17 bits per heavy atom. The number of nitrogens with one attached hydrogen (secondary N) is 1. The van der Waals surface area contributed by atoms with E-state index >= 15 is 0 Å². The molecule has 1 aromatic rings. The molecule has 1 spiro atoms. The van der Waals surface area contributed by atoms with Crippen molar-refractivity contribution >= 4 is 11.8 Å². The summed E-state index contributed by atoms with van der Waals surface area (Å²) in [6, 6.07) is 1.79. The van der Waals surface area contributed by atoms with Crippen molar-refractivity contribution in [1.82, 2.24) is 24.9 Å². The van der Waals surface area contributed by atoms with Crippen molar-refractivity contribution in [3.05, 3.63) is 18.0 Å². The zero-order chi connectivity index (χ0) is 21.6. The molecule has 0 atom stereocenters. The Balaban J connectivity index is 1.76. The molecule has 0 aromatic carbocycles. The molecule has 0 bridgehead atoms. The molecule has 2 heterocycles. The molecule has 1 aromatic heterocycles. The van der Waals surface area contributed by atoms with E-state index in [1.54, 1.807) is 10.7 Å². The van der Waals surface area contributed by atoms with Gasteiger partial charge in [-0.15, -0.1) is 0 Å². The molecule has 1 aliphatic carbocycles. The van der Waals surface area contributed by atoms with Gasteiger partial charge in [0.05, 0.1) is 0 Å². The molecule has 7 heteroatoms. The topological polar surface area (TPSA) is 70.5 Å². The predicted molar refractivity (Wildman–Crippen MR) is 118 cm³/mol. The third kappa shape index (κ3) is 5.62. The summed E-state index contributed by atoms with van der Waals surface area (Å²) < 4.78 is 1.78. The molecule has 30 heavy (non-hydrogen) atoms. The van der Waals surface area contributed by atoms with Crippen molar-refractivity contribution < 1.29 is 9.59 Å². The van der Waals surface area contributed by atoms with E-state index < -0.39 is 0 Å². The molecule has 0 radical (unpaired) electrons. The van der Waals surface area contributed by atoms with Gasteiger partial charge in [-0.3, -0.25) is 19.2 Å². The number of amides is 2. The average molecular weight is 418 g/mol. The van der Waals surface area contributed by atoms with Crippen LogP contribution in [0, 0.1) is 5.92 Å². The van der Waals surface area contributed by atoms with Gasteiger partial charge in [-0.1, -0.05) is 33.1 Å². The lowest BCUT2D eigenvalue weighted by Crippen LogP contribution is -2.54. The molecule has 1 saturated carbocycles. The van der Waals surface area contributed by atoms with Gasteiger partial charge in [0, 0.05) is 57.4 Å².